The second-order valence-corrected chi connectivity index (χ2v) is 7.22. The molecule has 2 N–H and O–H groups in total. The third-order valence-electron chi connectivity index (χ3n) is 5.30. The molecule has 0 unspecified atom stereocenters. The average Bonchev–Trinajstić information content (AvgIpc) is 3.22. The van der Waals surface area contributed by atoms with Crippen LogP contribution in [0.3, 0.4) is 0 Å². The minimum atomic E-state index is -0.131. The molecule has 0 radical (unpaired) electrons. The standard InChI is InChI=1S/C19H24N6O2/c1-12-20-15-6-5-13(8-16(15)21-12)9-18(27)25-7-3-4-14(10-25)19-23-22-17(11-26)24(19)2/h5-6,8,14,26H,3-4,7,9-11H2,1-2H3,(H,20,21)/t14-/m1/s1. The quantitative estimate of drug-likeness (QED) is 0.726. The van der Waals surface area contributed by atoms with Crippen LogP contribution in [0.25, 0.3) is 11.0 Å². The second kappa shape index (κ2) is 7.11. The SMILES string of the molecule is Cc1nc2ccc(CC(=O)N3CCC[C@@H](c4nnc(CO)n4C)C3)cc2[nH]1. The highest BCUT2D eigenvalue weighted by Gasteiger charge is 2.28. The summed E-state index contributed by atoms with van der Waals surface area (Å²) < 4.78 is 1.84. The first kappa shape index (κ1) is 17.7. The van der Waals surface area contributed by atoms with Gasteiger partial charge in [0.1, 0.15) is 18.3 Å². The Morgan fingerprint density at radius 3 is 3.00 bits per heavy atom. The summed E-state index contributed by atoms with van der Waals surface area (Å²) in [6.45, 7) is 3.20. The van der Waals surface area contributed by atoms with Crippen LogP contribution in [0.2, 0.25) is 0 Å². The predicted octanol–water partition coefficient (Wildman–Crippen LogP) is 1.44. The van der Waals surface area contributed by atoms with E-state index >= 15 is 0 Å². The first-order valence-electron chi connectivity index (χ1n) is 9.27. The zero-order valence-corrected chi connectivity index (χ0v) is 15.6. The minimum Gasteiger partial charge on any atom is -0.388 e. The number of aryl methyl sites for hydroxylation is 1. The molecule has 1 saturated heterocycles. The van der Waals surface area contributed by atoms with Gasteiger partial charge in [0.15, 0.2) is 5.82 Å². The van der Waals surface area contributed by atoms with Gasteiger partial charge in [0, 0.05) is 26.1 Å². The Morgan fingerprint density at radius 1 is 1.37 bits per heavy atom. The molecule has 1 fully saturated rings. The van der Waals surface area contributed by atoms with Crippen LogP contribution in [-0.2, 0) is 24.9 Å². The van der Waals surface area contributed by atoms with Crippen LogP contribution in [0.5, 0.6) is 0 Å². The molecule has 1 amide bonds. The van der Waals surface area contributed by atoms with Gasteiger partial charge in [-0.3, -0.25) is 4.79 Å². The highest BCUT2D eigenvalue weighted by atomic mass is 16.3. The molecule has 3 aromatic rings. The van der Waals surface area contributed by atoms with E-state index in [-0.39, 0.29) is 18.4 Å². The molecular weight excluding hydrogens is 344 g/mol. The smallest absolute Gasteiger partial charge is 0.227 e. The second-order valence-electron chi connectivity index (χ2n) is 7.22. The first-order chi connectivity index (χ1) is 13.0. The van der Waals surface area contributed by atoms with Gasteiger partial charge in [0.25, 0.3) is 0 Å². The van der Waals surface area contributed by atoms with Crippen molar-refractivity contribution in [3.05, 3.63) is 41.2 Å². The monoisotopic (exact) mass is 368 g/mol. The van der Waals surface area contributed by atoms with Crippen LogP contribution in [-0.4, -0.2) is 53.7 Å². The fourth-order valence-electron chi connectivity index (χ4n) is 3.86. The third-order valence-corrected chi connectivity index (χ3v) is 5.30. The molecular formula is C19H24N6O2. The summed E-state index contributed by atoms with van der Waals surface area (Å²) >= 11 is 0. The normalized spacial score (nSPS) is 17.6. The molecule has 1 aliphatic rings. The van der Waals surface area contributed by atoms with Crippen LogP contribution in [0, 0.1) is 6.92 Å². The van der Waals surface area contributed by atoms with E-state index < -0.39 is 0 Å². The van der Waals surface area contributed by atoms with Gasteiger partial charge in [0.2, 0.25) is 5.91 Å². The number of imidazole rings is 1. The maximum absolute atomic E-state index is 12.8. The number of H-pyrrole nitrogens is 1. The number of hydrogen-bond acceptors (Lipinski definition) is 5. The lowest BCUT2D eigenvalue weighted by Gasteiger charge is -2.32. The largest absolute Gasteiger partial charge is 0.388 e. The number of carbonyl (C=O) groups excluding carboxylic acids is 1. The van der Waals surface area contributed by atoms with Crippen LogP contribution in [0.1, 0.15) is 41.8 Å². The Bertz CT molecular complexity index is 976. The molecule has 27 heavy (non-hydrogen) atoms. The van der Waals surface area contributed by atoms with Crippen LogP contribution in [0.4, 0.5) is 0 Å². The summed E-state index contributed by atoms with van der Waals surface area (Å²) in [6, 6.07) is 5.93. The molecule has 8 heteroatoms. The molecule has 1 atom stereocenters. The highest BCUT2D eigenvalue weighted by molar-refractivity contribution is 5.82. The van der Waals surface area contributed by atoms with Gasteiger partial charge >= 0.3 is 0 Å². The van der Waals surface area contributed by atoms with Crippen molar-refractivity contribution in [2.24, 2.45) is 7.05 Å². The van der Waals surface area contributed by atoms with E-state index in [1.165, 1.54) is 0 Å². The Labute approximate surface area is 157 Å². The fourth-order valence-corrected chi connectivity index (χ4v) is 3.86. The van der Waals surface area contributed by atoms with Gasteiger partial charge in [0.05, 0.1) is 17.5 Å². The van der Waals surface area contributed by atoms with Crippen molar-refractivity contribution < 1.29 is 9.90 Å². The summed E-state index contributed by atoms with van der Waals surface area (Å²) in [5.41, 5.74) is 2.87. The van der Waals surface area contributed by atoms with Gasteiger partial charge < -0.3 is 19.6 Å². The third kappa shape index (κ3) is 3.44. The zero-order valence-electron chi connectivity index (χ0n) is 15.6. The van der Waals surface area contributed by atoms with Crippen molar-refractivity contribution in [3.63, 3.8) is 0 Å². The molecule has 1 aliphatic heterocycles. The highest BCUT2D eigenvalue weighted by Crippen LogP contribution is 2.26. The number of carbonyl (C=O) groups is 1. The number of aliphatic hydroxyl groups is 1. The maximum Gasteiger partial charge on any atom is 0.227 e. The average molecular weight is 368 g/mol. The Morgan fingerprint density at radius 2 is 2.22 bits per heavy atom. The van der Waals surface area contributed by atoms with Crippen molar-refractivity contribution in [1.29, 1.82) is 0 Å². The molecule has 0 bridgehead atoms. The first-order valence-corrected chi connectivity index (χ1v) is 9.27. The van der Waals surface area contributed by atoms with Crippen molar-refractivity contribution in [1.82, 2.24) is 29.6 Å². The lowest BCUT2D eigenvalue weighted by atomic mass is 9.96. The lowest BCUT2D eigenvalue weighted by Crippen LogP contribution is -2.40. The van der Waals surface area contributed by atoms with Crippen LogP contribution >= 0.6 is 0 Å². The van der Waals surface area contributed by atoms with Gasteiger partial charge in [-0.15, -0.1) is 10.2 Å². The molecule has 0 saturated carbocycles. The number of benzene rings is 1. The van der Waals surface area contributed by atoms with E-state index in [1.54, 1.807) is 0 Å². The summed E-state index contributed by atoms with van der Waals surface area (Å²) in [5, 5.41) is 17.6. The molecule has 4 rings (SSSR count). The van der Waals surface area contributed by atoms with E-state index in [1.807, 2.05) is 41.6 Å². The predicted molar refractivity (Wildman–Crippen MR) is 100 cm³/mol. The Kier molecular flexibility index (Phi) is 4.65. The van der Waals surface area contributed by atoms with E-state index in [4.69, 9.17) is 0 Å². The fraction of sp³-hybridized carbons (Fsp3) is 0.474. The minimum absolute atomic E-state index is 0.125. The number of aromatic amines is 1. The number of likely N-dealkylation sites (tertiary alicyclic amines) is 1. The van der Waals surface area contributed by atoms with Gasteiger partial charge in [-0.1, -0.05) is 6.07 Å². The molecule has 3 heterocycles. The number of hydrogen-bond donors (Lipinski definition) is 2. The number of fused-ring (bicyclic) bond motifs is 1. The summed E-state index contributed by atoms with van der Waals surface area (Å²) in [4.78, 5) is 22.4. The summed E-state index contributed by atoms with van der Waals surface area (Å²) in [6.07, 6.45) is 2.29. The van der Waals surface area contributed by atoms with Crippen molar-refractivity contribution in [2.75, 3.05) is 13.1 Å². The summed E-state index contributed by atoms with van der Waals surface area (Å²) in [7, 11) is 1.86. The lowest BCUT2D eigenvalue weighted by molar-refractivity contribution is -0.131. The maximum atomic E-state index is 12.8. The number of piperidine rings is 1. The molecule has 0 spiro atoms. The van der Waals surface area contributed by atoms with Gasteiger partial charge in [-0.2, -0.15) is 0 Å². The summed E-state index contributed by atoms with van der Waals surface area (Å²) in [5.74, 6) is 2.54. The van der Waals surface area contributed by atoms with Crippen LogP contribution in [0.15, 0.2) is 18.2 Å². The molecule has 1 aromatic carbocycles. The number of nitrogens with zero attached hydrogens (tertiary/aromatic N) is 5. The van der Waals surface area contributed by atoms with E-state index in [0.29, 0.717) is 18.8 Å². The number of nitrogens with one attached hydrogen (secondary N) is 1. The number of aromatic nitrogens is 5. The van der Waals surface area contributed by atoms with E-state index in [9.17, 15) is 9.90 Å². The number of amides is 1. The van der Waals surface area contributed by atoms with Gasteiger partial charge in [-0.05, 0) is 37.5 Å². The molecule has 0 aliphatic carbocycles. The topological polar surface area (TPSA) is 99.9 Å². The van der Waals surface area contributed by atoms with E-state index in [0.717, 1.165) is 47.6 Å². The Hall–Kier alpha value is -2.74. The van der Waals surface area contributed by atoms with Crippen molar-refractivity contribution >= 4 is 16.9 Å². The van der Waals surface area contributed by atoms with Crippen molar-refractivity contribution in [3.8, 4) is 0 Å². The molecule has 2 aromatic heterocycles. The molecule has 142 valence electrons. The van der Waals surface area contributed by atoms with Crippen LogP contribution < -0.4 is 0 Å². The number of aliphatic hydroxyl groups excluding tert-OH is 1. The molecule has 8 nitrogen and oxygen atoms in total. The zero-order chi connectivity index (χ0) is 19.0. The Balaban J connectivity index is 1.46. The van der Waals surface area contributed by atoms with Crippen molar-refractivity contribution in [2.45, 2.75) is 38.7 Å². The van der Waals surface area contributed by atoms with Gasteiger partial charge in [-0.25, -0.2) is 4.98 Å². The number of rotatable bonds is 4. The van der Waals surface area contributed by atoms with E-state index in [2.05, 4.69) is 20.2 Å².